The van der Waals surface area contributed by atoms with Crippen molar-refractivity contribution in [1.29, 1.82) is 0 Å². The van der Waals surface area contributed by atoms with Crippen molar-refractivity contribution in [2.45, 2.75) is 6.92 Å². The van der Waals surface area contributed by atoms with E-state index in [-0.39, 0.29) is 11.7 Å². The van der Waals surface area contributed by atoms with Crippen LogP contribution >= 0.6 is 0 Å². The van der Waals surface area contributed by atoms with Crippen molar-refractivity contribution in [1.82, 2.24) is 19.8 Å². The number of aromatic nitrogens is 2. The molecular formula is C22H24N4O5S. The molecule has 1 amide bonds. The second kappa shape index (κ2) is 8.05. The monoisotopic (exact) mass is 456 g/mol. The molecule has 2 aromatic heterocycles. The molecule has 0 aliphatic carbocycles. The Labute approximate surface area is 185 Å². The summed E-state index contributed by atoms with van der Waals surface area (Å²) in [5.74, 6) is -0.259. The van der Waals surface area contributed by atoms with E-state index in [1.54, 1.807) is 18.3 Å². The first kappa shape index (κ1) is 22.0. The molecule has 32 heavy (non-hydrogen) atoms. The summed E-state index contributed by atoms with van der Waals surface area (Å²) in [4.78, 5) is 19.2. The lowest BCUT2D eigenvalue weighted by atomic mass is 10.00. The van der Waals surface area contributed by atoms with Gasteiger partial charge in [0.1, 0.15) is 11.4 Å². The van der Waals surface area contributed by atoms with Crippen LogP contribution in [-0.2, 0) is 17.4 Å². The zero-order valence-electron chi connectivity index (χ0n) is 18.2. The molecule has 168 valence electrons. The predicted octanol–water partition coefficient (Wildman–Crippen LogP) is 2.66. The number of rotatable bonds is 6. The van der Waals surface area contributed by atoms with Crippen molar-refractivity contribution in [2.75, 3.05) is 27.2 Å². The van der Waals surface area contributed by atoms with Gasteiger partial charge in [0.05, 0.1) is 5.52 Å². The van der Waals surface area contributed by atoms with Gasteiger partial charge < -0.3 is 19.0 Å². The third kappa shape index (κ3) is 3.99. The molecule has 0 saturated heterocycles. The number of carbonyl (C=O) groups excluding carboxylic acids is 1. The van der Waals surface area contributed by atoms with Gasteiger partial charge in [0.2, 0.25) is 0 Å². The van der Waals surface area contributed by atoms with E-state index in [0.29, 0.717) is 24.2 Å². The third-order valence-electron chi connectivity index (χ3n) is 5.51. The first-order valence-corrected chi connectivity index (χ1v) is 11.3. The number of hydrogen-bond acceptors (Lipinski definition) is 6. The molecule has 4 rings (SSSR count). The molecule has 2 aromatic carbocycles. The van der Waals surface area contributed by atoms with E-state index < -0.39 is 10.4 Å². The molecule has 0 saturated carbocycles. The fourth-order valence-electron chi connectivity index (χ4n) is 4.10. The normalized spacial score (nSPS) is 12.2. The Kier molecular flexibility index (Phi) is 5.53. The summed E-state index contributed by atoms with van der Waals surface area (Å²) in [5, 5.41) is 6.07. The molecule has 2 N–H and O–H groups in total. The number of fused-ring (bicyclic) bond motifs is 4. The Hall–Kier alpha value is -3.21. The van der Waals surface area contributed by atoms with Crippen molar-refractivity contribution in [2.24, 2.45) is 7.05 Å². The highest BCUT2D eigenvalue weighted by molar-refractivity contribution is 7.81. The minimum absolute atomic E-state index is 0.00177. The summed E-state index contributed by atoms with van der Waals surface area (Å²) in [5.41, 5.74) is 3.10. The Bertz CT molecular complexity index is 1470. The zero-order chi connectivity index (χ0) is 23.2. The molecule has 10 heteroatoms. The second-order valence-electron chi connectivity index (χ2n) is 7.96. The molecule has 0 bridgehead atoms. The Morgan fingerprint density at radius 1 is 1.16 bits per heavy atom. The Morgan fingerprint density at radius 2 is 1.91 bits per heavy atom. The Morgan fingerprint density at radius 3 is 2.59 bits per heavy atom. The van der Waals surface area contributed by atoms with Crippen molar-refractivity contribution in [3.05, 3.63) is 47.8 Å². The molecule has 0 fully saturated rings. The SMILES string of the molecule is Cc1c2ccnc(C(=O)NCCN(C)C)c2cc2c3cc(OS(=O)(=O)O)ccc3n(C)c12. The van der Waals surface area contributed by atoms with Crippen molar-refractivity contribution in [3.63, 3.8) is 0 Å². The number of carbonyl (C=O) groups is 1. The molecule has 0 aliphatic rings. The maximum Gasteiger partial charge on any atom is 0.446 e. The van der Waals surface area contributed by atoms with Crippen LogP contribution in [0.25, 0.3) is 32.6 Å². The van der Waals surface area contributed by atoms with E-state index in [9.17, 15) is 13.2 Å². The topological polar surface area (TPSA) is 114 Å². The Balaban J connectivity index is 1.93. The van der Waals surface area contributed by atoms with Crippen LogP contribution in [0, 0.1) is 6.92 Å². The molecular weight excluding hydrogens is 432 g/mol. The van der Waals surface area contributed by atoms with E-state index >= 15 is 0 Å². The molecule has 0 aliphatic heterocycles. The summed E-state index contributed by atoms with van der Waals surface area (Å²) in [6.45, 7) is 3.18. The minimum Gasteiger partial charge on any atom is -0.362 e. The van der Waals surface area contributed by atoms with E-state index in [0.717, 1.165) is 32.8 Å². The van der Waals surface area contributed by atoms with Gasteiger partial charge >= 0.3 is 10.4 Å². The smallest absolute Gasteiger partial charge is 0.362 e. The second-order valence-corrected chi connectivity index (χ2v) is 8.98. The third-order valence-corrected chi connectivity index (χ3v) is 5.91. The van der Waals surface area contributed by atoms with Gasteiger partial charge in [-0.15, -0.1) is 0 Å². The molecule has 0 unspecified atom stereocenters. The number of nitrogens with zero attached hydrogens (tertiary/aromatic N) is 3. The highest BCUT2D eigenvalue weighted by Crippen LogP contribution is 2.37. The summed E-state index contributed by atoms with van der Waals surface area (Å²) >= 11 is 0. The fourth-order valence-corrected chi connectivity index (χ4v) is 4.45. The largest absolute Gasteiger partial charge is 0.446 e. The van der Waals surface area contributed by atoms with Crippen LogP contribution in [0.15, 0.2) is 36.5 Å². The standard InChI is InChI=1S/C22H24N4O5S/c1-13-15-7-8-23-20(22(27)24-9-10-25(2)3)17(15)12-18-16-11-14(31-32(28,29)30)5-6-19(16)26(4)21(13)18/h5-8,11-12H,9-10H2,1-4H3,(H,24,27)(H,28,29,30). The van der Waals surface area contributed by atoms with E-state index in [4.69, 9.17) is 4.55 Å². The number of pyridine rings is 1. The number of benzene rings is 2. The molecule has 2 heterocycles. The fraction of sp³-hybridized carbons (Fsp3) is 0.273. The van der Waals surface area contributed by atoms with Crippen LogP contribution in [0.3, 0.4) is 0 Å². The van der Waals surface area contributed by atoms with Gasteiger partial charge in [-0.05, 0) is 62.3 Å². The average Bonchev–Trinajstić information content (AvgIpc) is 2.98. The van der Waals surface area contributed by atoms with E-state index in [1.165, 1.54) is 6.07 Å². The summed E-state index contributed by atoms with van der Waals surface area (Å²) in [6, 6.07) is 8.54. The lowest BCUT2D eigenvalue weighted by Gasteiger charge is -2.12. The van der Waals surface area contributed by atoms with Gasteiger partial charge in [0.25, 0.3) is 5.91 Å². The highest BCUT2D eigenvalue weighted by atomic mass is 32.3. The van der Waals surface area contributed by atoms with Gasteiger partial charge in [0, 0.05) is 48.0 Å². The van der Waals surface area contributed by atoms with Crippen molar-refractivity contribution in [3.8, 4) is 5.75 Å². The van der Waals surface area contributed by atoms with Crippen LogP contribution < -0.4 is 9.50 Å². The van der Waals surface area contributed by atoms with Gasteiger partial charge in [-0.3, -0.25) is 14.3 Å². The van der Waals surface area contributed by atoms with Crippen LogP contribution in [0.1, 0.15) is 16.1 Å². The molecule has 0 atom stereocenters. The quantitative estimate of drug-likeness (QED) is 0.429. The molecule has 4 aromatic rings. The summed E-state index contributed by atoms with van der Waals surface area (Å²) in [7, 11) is 1.15. The lowest BCUT2D eigenvalue weighted by Crippen LogP contribution is -2.31. The number of hydrogen-bond donors (Lipinski definition) is 2. The maximum absolute atomic E-state index is 12.9. The first-order chi connectivity index (χ1) is 15.1. The highest BCUT2D eigenvalue weighted by Gasteiger charge is 2.19. The van der Waals surface area contributed by atoms with E-state index in [2.05, 4.69) is 14.5 Å². The van der Waals surface area contributed by atoms with E-state index in [1.807, 2.05) is 49.7 Å². The van der Waals surface area contributed by atoms with Crippen LogP contribution in [-0.4, -0.2) is 60.5 Å². The van der Waals surface area contributed by atoms with Gasteiger partial charge in [-0.25, -0.2) is 0 Å². The molecule has 0 spiro atoms. The van der Waals surface area contributed by atoms with Crippen LogP contribution in [0.4, 0.5) is 0 Å². The minimum atomic E-state index is -4.64. The summed E-state index contributed by atoms with van der Waals surface area (Å²) in [6.07, 6.45) is 1.63. The molecule has 9 nitrogen and oxygen atoms in total. The van der Waals surface area contributed by atoms with Gasteiger partial charge in [-0.1, -0.05) is 0 Å². The lowest BCUT2D eigenvalue weighted by molar-refractivity contribution is 0.0948. The number of amides is 1. The van der Waals surface area contributed by atoms with Gasteiger partial charge in [-0.2, -0.15) is 8.42 Å². The molecule has 0 radical (unpaired) electrons. The van der Waals surface area contributed by atoms with Crippen molar-refractivity contribution < 1.29 is 21.9 Å². The predicted molar refractivity (Wildman–Crippen MR) is 124 cm³/mol. The summed E-state index contributed by atoms with van der Waals surface area (Å²) < 4.78 is 38.0. The first-order valence-electron chi connectivity index (χ1n) is 9.97. The average molecular weight is 457 g/mol. The van der Waals surface area contributed by atoms with Crippen LogP contribution in [0.2, 0.25) is 0 Å². The van der Waals surface area contributed by atoms with Crippen molar-refractivity contribution >= 4 is 48.9 Å². The number of likely N-dealkylation sites (N-methyl/N-ethyl adjacent to an activating group) is 1. The number of nitrogens with one attached hydrogen (secondary N) is 1. The van der Waals surface area contributed by atoms with Gasteiger partial charge in [0.15, 0.2) is 0 Å². The zero-order valence-corrected chi connectivity index (χ0v) is 19.0. The maximum atomic E-state index is 12.9. The van der Waals surface area contributed by atoms with Crippen LogP contribution in [0.5, 0.6) is 5.75 Å². The number of aryl methyl sites for hydroxylation is 2.